The first-order chi connectivity index (χ1) is 19.7. The quantitative estimate of drug-likeness (QED) is 0.0481. The summed E-state index contributed by atoms with van der Waals surface area (Å²) < 4.78 is 0. The molecule has 0 saturated carbocycles. The van der Waals surface area contributed by atoms with E-state index in [1.54, 1.807) is 0 Å². The molecule has 242 valence electrons. The van der Waals surface area contributed by atoms with Gasteiger partial charge < -0.3 is 32.7 Å². The fraction of sp³-hybridized carbons (Fsp3) is 1.00. The van der Waals surface area contributed by atoms with E-state index in [1.165, 1.54) is 128 Å². The maximum atomic E-state index is 7.06. The molecule has 0 radical (unpaired) electrons. The molecule has 0 aromatic rings. The molecule has 6 nitrogen and oxygen atoms in total. The van der Waals surface area contributed by atoms with Crippen LogP contribution >= 0.6 is 0 Å². The maximum absolute atomic E-state index is 7.06. The van der Waals surface area contributed by atoms with Crippen molar-refractivity contribution in [2.45, 2.75) is 161 Å². The van der Waals surface area contributed by atoms with E-state index >= 15 is 0 Å². The zero-order chi connectivity index (χ0) is 29.2. The molecule has 0 heterocycles. The fourth-order valence-corrected chi connectivity index (χ4v) is 5.55. The second kappa shape index (κ2) is 33.3. The molecule has 0 aromatic heterocycles. The Morgan fingerprint density at radius 3 is 1.07 bits per heavy atom. The largest absolute Gasteiger partial charge is 0.330 e. The van der Waals surface area contributed by atoms with Crippen molar-refractivity contribution < 1.29 is 0 Å². The smallest absolute Gasteiger partial charge is 0.0166 e. The number of hydrogen-bond acceptors (Lipinski definition) is 6. The minimum atomic E-state index is 0.0186. The first-order valence-electron chi connectivity index (χ1n) is 18.0. The van der Waals surface area contributed by atoms with Crippen molar-refractivity contribution in [3.63, 3.8) is 0 Å². The van der Waals surface area contributed by atoms with E-state index in [2.05, 4.69) is 35.1 Å². The molecule has 0 spiro atoms. The first kappa shape index (κ1) is 39.8. The molecule has 0 aliphatic rings. The van der Waals surface area contributed by atoms with Crippen LogP contribution in [0, 0.1) is 0 Å². The van der Waals surface area contributed by atoms with Crippen LogP contribution in [-0.4, -0.2) is 64.4 Å². The Morgan fingerprint density at radius 1 is 0.375 bits per heavy atom. The lowest BCUT2D eigenvalue weighted by Gasteiger charge is -2.30. The Balaban J connectivity index is 4.00. The van der Waals surface area contributed by atoms with Gasteiger partial charge >= 0.3 is 0 Å². The molecule has 0 atom stereocenters. The molecule has 8 N–H and O–H groups in total. The lowest BCUT2D eigenvalue weighted by molar-refractivity contribution is 0.309. The van der Waals surface area contributed by atoms with Crippen LogP contribution in [0.2, 0.25) is 0 Å². The third-order valence-corrected chi connectivity index (χ3v) is 8.35. The van der Waals surface area contributed by atoms with Crippen LogP contribution in [0.4, 0.5) is 0 Å². The van der Waals surface area contributed by atoms with Crippen LogP contribution < -0.4 is 32.7 Å². The highest BCUT2D eigenvalue weighted by Gasteiger charge is 2.23. The summed E-state index contributed by atoms with van der Waals surface area (Å²) in [5.41, 5.74) is 12.6. The lowest BCUT2D eigenvalue weighted by atomic mass is 9.84. The molecular formula is C34H76N6. The van der Waals surface area contributed by atoms with Gasteiger partial charge in [0.2, 0.25) is 0 Å². The summed E-state index contributed by atoms with van der Waals surface area (Å²) in [6.07, 6.45) is 29.6. The summed E-state index contributed by atoms with van der Waals surface area (Å²) in [6.45, 7) is 13.5. The second-order valence-corrected chi connectivity index (χ2v) is 12.4. The van der Waals surface area contributed by atoms with Crippen LogP contribution in [0.1, 0.15) is 155 Å². The lowest BCUT2D eigenvalue weighted by Crippen LogP contribution is -2.43. The second-order valence-electron chi connectivity index (χ2n) is 12.4. The summed E-state index contributed by atoms with van der Waals surface area (Å²) >= 11 is 0. The minimum Gasteiger partial charge on any atom is -0.330 e. The highest BCUT2D eigenvalue weighted by Crippen LogP contribution is 2.24. The van der Waals surface area contributed by atoms with Gasteiger partial charge in [0, 0.05) is 44.8 Å². The van der Waals surface area contributed by atoms with E-state index in [9.17, 15) is 0 Å². The Kier molecular flexibility index (Phi) is 33.1. The number of rotatable bonds is 35. The van der Waals surface area contributed by atoms with Gasteiger partial charge in [-0.2, -0.15) is 0 Å². The van der Waals surface area contributed by atoms with Crippen molar-refractivity contribution in [3.05, 3.63) is 0 Å². The van der Waals surface area contributed by atoms with E-state index < -0.39 is 0 Å². The van der Waals surface area contributed by atoms with Gasteiger partial charge in [0.25, 0.3) is 0 Å². The monoisotopic (exact) mass is 569 g/mol. The van der Waals surface area contributed by atoms with Crippen LogP contribution in [0.3, 0.4) is 0 Å². The highest BCUT2D eigenvalue weighted by molar-refractivity contribution is 4.85. The highest BCUT2D eigenvalue weighted by atomic mass is 15.0. The van der Waals surface area contributed by atoms with Crippen molar-refractivity contribution in [1.29, 1.82) is 0 Å². The Labute approximate surface area is 252 Å². The summed E-state index contributed by atoms with van der Waals surface area (Å²) in [5, 5.41) is 14.1. The van der Waals surface area contributed by atoms with Gasteiger partial charge in [-0.1, -0.05) is 129 Å². The van der Waals surface area contributed by atoms with Crippen molar-refractivity contribution in [2.24, 2.45) is 11.5 Å². The Hall–Kier alpha value is -0.240. The first-order valence-corrected chi connectivity index (χ1v) is 18.0. The summed E-state index contributed by atoms with van der Waals surface area (Å²) in [6, 6.07) is 0. The van der Waals surface area contributed by atoms with E-state index in [0.29, 0.717) is 0 Å². The molecule has 6 heteroatoms. The van der Waals surface area contributed by atoms with Crippen LogP contribution in [0.15, 0.2) is 0 Å². The van der Waals surface area contributed by atoms with Gasteiger partial charge in [0.15, 0.2) is 0 Å². The summed E-state index contributed by atoms with van der Waals surface area (Å²) in [4.78, 5) is 0. The molecule has 0 aliphatic carbocycles. The van der Waals surface area contributed by atoms with E-state index in [1.807, 2.05) is 0 Å². The normalized spacial score (nSPS) is 12.0. The predicted molar refractivity (Wildman–Crippen MR) is 180 cm³/mol. The number of nitrogens with one attached hydrogen (secondary N) is 4. The minimum absolute atomic E-state index is 0.0186. The Bertz CT molecular complexity index is 440. The van der Waals surface area contributed by atoms with E-state index in [-0.39, 0.29) is 5.54 Å². The van der Waals surface area contributed by atoms with Crippen LogP contribution in [0.25, 0.3) is 0 Å². The third kappa shape index (κ3) is 30.7. The van der Waals surface area contributed by atoms with Crippen LogP contribution in [0.5, 0.6) is 0 Å². The van der Waals surface area contributed by atoms with Gasteiger partial charge in [-0.25, -0.2) is 0 Å². The van der Waals surface area contributed by atoms with Crippen LogP contribution in [-0.2, 0) is 0 Å². The van der Waals surface area contributed by atoms with Crippen molar-refractivity contribution in [2.75, 3.05) is 58.9 Å². The fourth-order valence-electron chi connectivity index (χ4n) is 5.55. The van der Waals surface area contributed by atoms with Crippen molar-refractivity contribution in [1.82, 2.24) is 21.3 Å². The molecule has 0 fully saturated rings. The van der Waals surface area contributed by atoms with Gasteiger partial charge in [-0.05, 0) is 45.3 Å². The number of hydrogen-bond donors (Lipinski definition) is 6. The topological polar surface area (TPSA) is 100 Å². The number of unbranched alkanes of at least 4 members (excludes halogenated alkanes) is 16. The molecular weight excluding hydrogens is 492 g/mol. The average Bonchev–Trinajstić information content (AvgIpc) is 2.95. The maximum Gasteiger partial charge on any atom is 0.0166 e. The standard InChI is InChI=1S/C34H76N6/c1-3-5-7-9-11-13-15-17-19-22-34(36,23-20-18-16-14-12-10-8-6-4-2)24-27-38-29-31-40-33-32-39-30-28-37-26-21-25-35/h37-40H,3-33,35-36H2,1-2H3. The molecule has 0 aliphatic heterocycles. The van der Waals surface area contributed by atoms with Gasteiger partial charge in [0.1, 0.15) is 0 Å². The van der Waals surface area contributed by atoms with Gasteiger partial charge in [-0.15, -0.1) is 0 Å². The number of nitrogens with two attached hydrogens (primary N) is 2. The average molecular weight is 569 g/mol. The molecule has 0 bridgehead atoms. The summed E-state index contributed by atoms with van der Waals surface area (Å²) in [5.74, 6) is 0. The van der Waals surface area contributed by atoms with E-state index in [4.69, 9.17) is 11.5 Å². The van der Waals surface area contributed by atoms with Gasteiger partial charge in [-0.3, -0.25) is 0 Å². The molecule has 40 heavy (non-hydrogen) atoms. The van der Waals surface area contributed by atoms with Crippen molar-refractivity contribution >= 4 is 0 Å². The van der Waals surface area contributed by atoms with Crippen molar-refractivity contribution in [3.8, 4) is 0 Å². The predicted octanol–water partition coefficient (Wildman–Crippen LogP) is 6.62. The molecule has 0 amide bonds. The zero-order valence-corrected chi connectivity index (χ0v) is 27.6. The zero-order valence-electron chi connectivity index (χ0n) is 27.6. The molecule has 0 rings (SSSR count). The molecule has 0 saturated heterocycles. The summed E-state index contributed by atoms with van der Waals surface area (Å²) in [7, 11) is 0. The SMILES string of the molecule is CCCCCCCCCCCC(N)(CCCCCCCCCCC)CCNCCNCCNCCNCCCN. The van der Waals surface area contributed by atoms with E-state index in [0.717, 1.165) is 71.7 Å². The molecule has 0 unspecified atom stereocenters. The van der Waals surface area contributed by atoms with Gasteiger partial charge in [0.05, 0.1) is 0 Å². The molecule has 0 aromatic carbocycles. The third-order valence-electron chi connectivity index (χ3n) is 8.35. The Morgan fingerprint density at radius 2 is 0.700 bits per heavy atom.